The number of aryl methyl sites for hydroxylation is 1. The van der Waals surface area contributed by atoms with Crippen LogP contribution < -0.4 is 4.74 Å². The van der Waals surface area contributed by atoms with E-state index in [1.807, 2.05) is 43.3 Å². The van der Waals surface area contributed by atoms with Crippen molar-refractivity contribution in [3.8, 4) is 17.1 Å². The highest BCUT2D eigenvalue weighted by atomic mass is 16.5. The molecule has 0 aliphatic carbocycles. The number of fused-ring (bicyclic) bond motifs is 1. The summed E-state index contributed by atoms with van der Waals surface area (Å²) in [5.41, 5.74) is 1.89. The van der Waals surface area contributed by atoms with Crippen LogP contribution in [0.2, 0.25) is 0 Å². The van der Waals surface area contributed by atoms with E-state index in [9.17, 15) is 4.79 Å². The van der Waals surface area contributed by atoms with Gasteiger partial charge in [-0.05, 0) is 18.4 Å². The average Bonchev–Trinajstić information content (AvgIpc) is 2.94. The second-order valence-electron chi connectivity index (χ2n) is 4.98. The van der Waals surface area contributed by atoms with E-state index >= 15 is 0 Å². The molecule has 3 aromatic rings. The molecule has 0 saturated carbocycles. The summed E-state index contributed by atoms with van der Waals surface area (Å²) in [6.07, 6.45) is 1.55. The van der Waals surface area contributed by atoms with Crippen LogP contribution in [0.15, 0.2) is 47.1 Å². The molecule has 0 unspecified atom stereocenters. The Kier molecular flexibility index (Phi) is 3.59. The Bertz CT molecular complexity index is 845. The molecule has 3 rings (SSSR count). The first kappa shape index (κ1) is 14.2. The first-order valence-corrected chi connectivity index (χ1v) is 6.90. The number of furan rings is 1. The third-order valence-corrected chi connectivity index (χ3v) is 3.69. The van der Waals surface area contributed by atoms with Gasteiger partial charge in [0.2, 0.25) is 0 Å². The van der Waals surface area contributed by atoms with Crippen LogP contribution in [0.5, 0.6) is 5.75 Å². The number of carbonyl (C=O) groups excluding carboxylic acids is 1. The second kappa shape index (κ2) is 5.56. The molecular formula is C18H16O4. The first-order valence-electron chi connectivity index (χ1n) is 6.90. The fourth-order valence-corrected chi connectivity index (χ4v) is 2.64. The number of benzene rings is 2. The molecule has 0 bridgehead atoms. The van der Waals surface area contributed by atoms with E-state index < -0.39 is 5.97 Å². The van der Waals surface area contributed by atoms with Crippen molar-refractivity contribution in [3.63, 3.8) is 0 Å². The highest BCUT2D eigenvalue weighted by Crippen LogP contribution is 2.39. The maximum atomic E-state index is 12.0. The molecule has 0 aliphatic heterocycles. The Morgan fingerprint density at radius 2 is 1.86 bits per heavy atom. The molecule has 2 aromatic carbocycles. The van der Waals surface area contributed by atoms with E-state index in [2.05, 4.69) is 0 Å². The molecule has 4 nitrogen and oxygen atoms in total. The molecular weight excluding hydrogens is 280 g/mol. The topological polar surface area (TPSA) is 48.7 Å². The van der Waals surface area contributed by atoms with Crippen molar-refractivity contribution in [1.82, 2.24) is 0 Å². The Balaban J connectivity index is 2.30. The highest BCUT2D eigenvalue weighted by Gasteiger charge is 2.23. The maximum Gasteiger partial charge on any atom is 0.342 e. The smallest absolute Gasteiger partial charge is 0.342 e. The third kappa shape index (κ3) is 2.13. The van der Waals surface area contributed by atoms with Gasteiger partial charge in [-0.15, -0.1) is 0 Å². The van der Waals surface area contributed by atoms with Gasteiger partial charge in [0.25, 0.3) is 0 Å². The van der Waals surface area contributed by atoms with Crippen LogP contribution >= 0.6 is 0 Å². The molecule has 0 atom stereocenters. The monoisotopic (exact) mass is 296 g/mol. The lowest BCUT2D eigenvalue weighted by Gasteiger charge is -2.11. The third-order valence-electron chi connectivity index (χ3n) is 3.69. The summed E-state index contributed by atoms with van der Waals surface area (Å²) in [6, 6.07) is 11.8. The Hall–Kier alpha value is -2.75. The molecule has 1 heterocycles. The van der Waals surface area contributed by atoms with Crippen LogP contribution in [-0.4, -0.2) is 20.2 Å². The molecule has 0 radical (unpaired) electrons. The summed E-state index contributed by atoms with van der Waals surface area (Å²) in [5.74, 6) is 0.723. The lowest BCUT2D eigenvalue weighted by Crippen LogP contribution is -2.03. The van der Waals surface area contributed by atoms with Crippen LogP contribution in [0.1, 0.15) is 15.9 Å². The predicted molar refractivity (Wildman–Crippen MR) is 84.3 cm³/mol. The van der Waals surface area contributed by atoms with Crippen molar-refractivity contribution >= 4 is 16.7 Å². The predicted octanol–water partition coefficient (Wildman–Crippen LogP) is 4.20. The van der Waals surface area contributed by atoms with Crippen LogP contribution in [-0.2, 0) is 4.74 Å². The zero-order chi connectivity index (χ0) is 15.7. The number of hydrogen-bond donors (Lipinski definition) is 0. The van der Waals surface area contributed by atoms with Gasteiger partial charge in [-0.2, -0.15) is 0 Å². The first-order chi connectivity index (χ1) is 10.7. The van der Waals surface area contributed by atoms with Crippen LogP contribution in [0, 0.1) is 6.92 Å². The largest absolute Gasteiger partial charge is 0.495 e. The van der Waals surface area contributed by atoms with E-state index in [-0.39, 0.29) is 0 Å². The SMILES string of the molecule is COC(=O)c1c(C)coc1-c1ccc2ccccc2c1OC. The van der Waals surface area contributed by atoms with Crippen molar-refractivity contribution in [1.29, 1.82) is 0 Å². The molecule has 0 spiro atoms. The van der Waals surface area contributed by atoms with Crippen LogP contribution in [0.3, 0.4) is 0 Å². The van der Waals surface area contributed by atoms with Gasteiger partial charge in [-0.25, -0.2) is 4.79 Å². The zero-order valence-electron chi connectivity index (χ0n) is 12.7. The van der Waals surface area contributed by atoms with Gasteiger partial charge in [0.15, 0.2) is 5.76 Å². The fourth-order valence-electron chi connectivity index (χ4n) is 2.64. The zero-order valence-corrected chi connectivity index (χ0v) is 12.7. The van der Waals surface area contributed by atoms with Crippen LogP contribution in [0.25, 0.3) is 22.1 Å². The Morgan fingerprint density at radius 3 is 2.59 bits per heavy atom. The van der Waals surface area contributed by atoms with Gasteiger partial charge in [-0.3, -0.25) is 0 Å². The number of carbonyl (C=O) groups is 1. The second-order valence-corrected chi connectivity index (χ2v) is 4.98. The van der Waals surface area contributed by atoms with E-state index in [0.29, 0.717) is 17.1 Å². The minimum atomic E-state index is -0.420. The Morgan fingerprint density at radius 1 is 1.09 bits per heavy atom. The number of hydrogen-bond acceptors (Lipinski definition) is 4. The molecule has 0 aliphatic rings. The average molecular weight is 296 g/mol. The van der Waals surface area contributed by atoms with E-state index in [1.54, 1.807) is 13.4 Å². The molecule has 4 heteroatoms. The maximum absolute atomic E-state index is 12.0. The molecule has 112 valence electrons. The summed E-state index contributed by atoms with van der Waals surface area (Å²) < 4.78 is 16.1. The number of rotatable bonds is 3. The number of ether oxygens (including phenoxy) is 2. The van der Waals surface area contributed by atoms with Gasteiger partial charge >= 0.3 is 5.97 Å². The molecule has 0 fully saturated rings. The standard InChI is InChI=1S/C18H16O4/c1-11-10-22-17(15(11)18(19)21-3)14-9-8-12-6-4-5-7-13(12)16(14)20-2/h4-10H,1-3H3. The molecule has 1 aromatic heterocycles. The number of esters is 1. The van der Waals surface area contributed by atoms with E-state index in [1.165, 1.54) is 7.11 Å². The normalized spacial score (nSPS) is 10.7. The number of methoxy groups -OCH3 is 2. The van der Waals surface area contributed by atoms with E-state index in [4.69, 9.17) is 13.9 Å². The lowest BCUT2D eigenvalue weighted by atomic mass is 10.0. The summed E-state index contributed by atoms with van der Waals surface area (Å²) >= 11 is 0. The summed E-state index contributed by atoms with van der Waals surface area (Å²) in [7, 11) is 2.97. The van der Waals surface area contributed by atoms with Gasteiger partial charge < -0.3 is 13.9 Å². The lowest BCUT2D eigenvalue weighted by molar-refractivity contribution is 0.0600. The van der Waals surface area contributed by atoms with Crippen molar-refractivity contribution < 1.29 is 18.7 Å². The van der Waals surface area contributed by atoms with Gasteiger partial charge in [0.1, 0.15) is 11.3 Å². The van der Waals surface area contributed by atoms with Crippen molar-refractivity contribution in [2.24, 2.45) is 0 Å². The molecule has 0 N–H and O–H groups in total. The van der Waals surface area contributed by atoms with Crippen LogP contribution in [0.4, 0.5) is 0 Å². The fraction of sp³-hybridized carbons (Fsp3) is 0.167. The minimum Gasteiger partial charge on any atom is -0.495 e. The van der Waals surface area contributed by atoms with Crippen molar-refractivity contribution in [2.45, 2.75) is 6.92 Å². The highest BCUT2D eigenvalue weighted by molar-refractivity contribution is 6.01. The van der Waals surface area contributed by atoms with E-state index in [0.717, 1.165) is 21.9 Å². The van der Waals surface area contributed by atoms with Gasteiger partial charge in [-0.1, -0.05) is 30.3 Å². The van der Waals surface area contributed by atoms with Gasteiger partial charge in [0, 0.05) is 10.9 Å². The van der Waals surface area contributed by atoms with Crippen molar-refractivity contribution in [3.05, 3.63) is 53.8 Å². The van der Waals surface area contributed by atoms with Crippen molar-refractivity contribution in [2.75, 3.05) is 14.2 Å². The van der Waals surface area contributed by atoms with Gasteiger partial charge in [0.05, 0.1) is 26.0 Å². The summed E-state index contributed by atoms with van der Waals surface area (Å²) in [6.45, 7) is 1.81. The quantitative estimate of drug-likeness (QED) is 0.679. The molecule has 22 heavy (non-hydrogen) atoms. The summed E-state index contributed by atoms with van der Waals surface area (Å²) in [4.78, 5) is 12.0. The molecule has 0 amide bonds. The Labute approximate surface area is 128 Å². The minimum absolute atomic E-state index is 0.420. The summed E-state index contributed by atoms with van der Waals surface area (Å²) in [5, 5.41) is 2.03. The molecule has 0 saturated heterocycles.